The summed E-state index contributed by atoms with van der Waals surface area (Å²) < 4.78 is 0. The van der Waals surface area contributed by atoms with Crippen molar-refractivity contribution < 1.29 is 14.7 Å². The Hall–Kier alpha value is -1.88. The Balaban J connectivity index is 1.61. The number of aliphatic carboxylic acids is 1. The fourth-order valence-electron chi connectivity index (χ4n) is 3.07. The van der Waals surface area contributed by atoms with Crippen LogP contribution in [0.1, 0.15) is 38.2 Å². The zero-order valence-electron chi connectivity index (χ0n) is 13.7. The van der Waals surface area contributed by atoms with E-state index in [-0.39, 0.29) is 24.5 Å². The van der Waals surface area contributed by atoms with Crippen LogP contribution in [-0.2, 0) is 16.0 Å². The number of hydrogen-bond acceptors (Lipinski definition) is 3. The molecule has 1 aromatic carbocycles. The molecule has 5 nitrogen and oxygen atoms in total. The third-order valence-corrected chi connectivity index (χ3v) is 4.45. The molecule has 23 heavy (non-hydrogen) atoms. The van der Waals surface area contributed by atoms with E-state index in [1.165, 1.54) is 5.56 Å². The molecule has 5 heteroatoms. The average Bonchev–Trinajstić information content (AvgIpc) is 2.49. The first kappa shape index (κ1) is 17.5. The van der Waals surface area contributed by atoms with E-state index in [0.717, 1.165) is 32.2 Å². The lowest BCUT2D eigenvalue weighted by atomic mass is 9.85. The highest BCUT2D eigenvalue weighted by Crippen LogP contribution is 2.25. The maximum atomic E-state index is 11.9. The quantitative estimate of drug-likeness (QED) is 0.731. The Morgan fingerprint density at radius 2 is 1.96 bits per heavy atom. The summed E-state index contributed by atoms with van der Waals surface area (Å²) >= 11 is 0. The summed E-state index contributed by atoms with van der Waals surface area (Å²) in [5.74, 6) is -0.689. The highest BCUT2D eigenvalue weighted by molar-refractivity contribution is 5.76. The molecule has 1 aliphatic rings. The maximum Gasteiger partial charge on any atom is 0.317 e. The van der Waals surface area contributed by atoms with Crippen LogP contribution < -0.4 is 5.32 Å². The number of rotatable bonds is 9. The van der Waals surface area contributed by atoms with Gasteiger partial charge in [0.25, 0.3) is 0 Å². The van der Waals surface area contributed by atoms with Crippen molar-refractivity contribution >= 4 is 11.9 Å². The second-order valence-corrected chi connectivity index (χ2v) is 6.19. The smallest absolute Gasteiger partial charge is 0.317 e. The highest BCUT2D eigenvalue weighted by atomic mass is 16.4. The number of carboxylic acids is 1. The van der Waals surface area contributed by atoms with Crippen molar-refractivity contribution in [1.29, 1.82) is 0 Å². The first-order valence-corrected chi connectivity index (χ1v) is 8.37. The Morgan fingerprint density at radius 1 is 1.26 bits per heavy atom. The van der Waals surface area contributed by atoms with Crippen molar-refractivity contribution in [2.45, 2.75) is 51.1 Å². The Morgan fingerprint density at radius 3 is 2.57 bits per heavy atom. The van der Waals surface area contributed by atoms with Gasteiger partial charge in [-0.05, 0) is 37.8 Å². The lowest BCUT2D eigenvalue weighted by molar-refractivity contribution is -0.139. The molecule has 0 aromatic heterocycles. The van der Waals surface area contributed by atoms with Crippen molar-refractivity contribution in [2.75, 3.05) is 13.1 Å². The van der Waals surface area contributed by atoms with E-state index in [4.69, 9.17) is 5.11 Å². The number of hydrogen-bond donors (Lipinski definition) is 2. The van der Waals surface area contributed by atoms with Crippen LogP contribution in [0.15, 0.2) is 30.3 Å². The van der Waals surface area contributed by atoms with E-state index >= 15 is 0 Å². The van der Waals surface area contributed by atoms with Crippen LogP contribution in [0.25, 0.3) is 0 Å². The summed E-state index contributed by atoms with van der Waals surface area (Å²) in [4.78, 5) is 24.7. The predicted molar refractivity (Wildman–Crippen MR) is 89.2 cm³/mol. The SMILES string of the molecule is CCN(CC(=O)O)C1CC(NC(=O)CCCc2ccccc2)C1. The standard InChI is InChI=1S/C18H26N2O3/c1-2-20(13-18(22)23)16-11-15(12-16)19-17(21)10-6-9-14-7-4-3-5-8-14/h3-5,7-8,15-16H,2,6,9-13H2,1H3,(H,19,21)(H,22,23). The molecule has 0 aliphatic heterocycles. The fraction of sp³-hybridized carbons (Fsp3) is 0.556. The van der Waals surface area contributed by atoms with Crippen LogP contribution in [0.2, 0.25) is 0 Å². The van der Waals surface area contributed by atoms with Crippen molar-refractivity contribution in [2.24, 2.45) is 0 Å². The predicted octanol–water partition coefficient (Wildman–Crippen LogP) is 2.06. The third kappa shape index (κ3) is 5.67. The number of carbonyl (C=O) groups is 2. The van der Waals surface area contributed by atoms with Gasteiger partial charge < -0.3 is 10.4 Å². The average molecular weight is 318 g/mol. The molecular weight excluding hydrogens is 292 g/mol. The van der Waals surface area contributed by atoms with Gasteiger partial charge in [0.2, 0.25) is 5.91 Å². The van der Waals surface area contributed by atoms with E-state index in [2.05, 4.69) is 17.4 Å². The molecule has 0 heterocycles. The number of likely N-dealkylation sites (N-methyl/N-ethyl adjacent to an activating group) is 1. The summed E-state index contributed by atoms with van der Waals surface area (Å²) in [5.41, 5.74) is 1.26. The van der Waals surface area contributed by atoms with E-state index in [0.29, 0.717) is 6.42 Å². The van der Waals surface area contributed by atoms with E-state index in [1.54, 1.807) is 0 Å². The minimum atomic E-state index is -0.791. The topological polar surface area (TPSA) is 69.6 Å². The van der Waals surface area contributed by atoms with Crippen molar-refractivity contribution in [1.82, 2.24) is 10.2 Å². The first-order valence-electron chi connectivity index (χ1n) is 8.37. The van der Waals surface area contributed by atoms with Crippen LogP contribution in [-0.4, -0.2) is 47.1 Å². The molecule has 0 unspecified atom stereocenters. The maximum absolute atomic E-state index is 11.9. The number of aryl methyl sites for hydroxylation is 1. The zero-order valence-corrected chi connectivity index (χ0v) is 13.7. The fourth-order valence-corrected chi connectivity index (χ4v) is 3.07. The van der Waals surface area contributed by atoms with Gasteiger partial charge in [0.05, 0.1) is 6.54 Å². The Labute approximate surface area is 137 Å². The van der Waals surface area contributed by atoms with Crippen LogP contribution in [0.3, 0.4) is 0 Å². The van der Waals surface area contributed by atoms with Crippen LogP contribution in [0.5, 0.6) is 0 Å². The van der Waals surface area contributed by atoms with Crippen molar-refractivity contribution in [3.63, 3.8) is 0 Å². The number of carboxylic acid groups (broad SMARTS) is 1. The number of benzene rings is 1. The molecule has 1 amide bonds. The van der Waals surface area contributed by atoms with Gasteiger partial charge in [-0.3, -0.25) is 14.5 Å². The molecule has 1 aromatic rings. The van der Waals surface area contributed by atoms with Crippen molar-refractivity contribution in [3.8, 4) is 0 Å². The molecule has 1 saturated carbocycles. The largest absolute Gasteiger partial charge is 0.480 e. The molecule has 1 fully saturated rings. The molecule has 0 saturated heterocycles. The van der Waals surface area contributed by atoms with E-state index in [9.17, 15) is 9.59 Å². The van der Waals surface area contributed by atoms with Crippen molar-refractivity contribution in [3.05, 3.63) is 35.9 Å². The molecule has 1 aliphatic carbocycles. The molecule has 0 atom stereocenters. The first-order chi connectivity index (χ1) is 11.1. The summed E-state index contributed by atoms with van der Waals surface area (Å²) in [6, 6.07) is 10.7. The van der Waals surface area contributed by atoms with Gasteiger partial charge in [-0.1, -0.05) is 37.3 Å². The zero-order chi connectivity index (χ0) is 16.7. The number of nitrogens with zero attached hydrogens (tertiary/aromatic N) is 1. The molecule has 2 rings (SSSR count). The molecule has 2 N–H and O–H groups in total. The minimum absolute atomic E-state index is 0.0823. The van der Waals surface area contributed by atoms with Gasteiger partial charge in [-0.15, -0.1) is 0 Å². The monoisotopic (exact) mass is 318 g/mol. The number of nitrogens with one attached hydrogen (secondary N) is 1. The molecular formula is C18H26N2O3. The summed E-state index contributed by atoms with van der Waals surface area (Å²) in [6.07, 6.45) is 4.02. The van der Waals surface area contributed by atoms with Crippen LogP contribution in [0.4, 0.5) is 0 Å². The Bertz CT molecular complexity index is 512. The second kappa shape index (κ2) is 8.67. The summed E-state index contributed by atoms with van der Waals surface area (Å²) in [7, 11) is 0. The van der Waals surface area contributed by atoms with Gasteiger partial charge in [-0.2, -0.15) is 0 Å². The van der Waals surface area contributed by atoms with Gasteiger partial charge in [0, 0.05) is 18.5 Å². The molecule has 0 bridgehead atoms. The second-order valence-electron chi connectivity index (χ2n) is 6.19. The van der Waals surface area contributed by atoms with Crippen LogP contribution >= 0.6 is 0 Å². The molecule has 0 spiro atoms. The lowest BCUT2D eigenvalue weighted by Crippen LogP contribution is -2.54. The van der Waals surface area contributed by atoms with E-state index < -0.39 is 5.97 Å². The minimum Gasteiger partial charge on any atom is -0.480 e. The third-order valence-electron chi connectivity index (χ3n) is 4.45. The van der Waals surface area contributed by atoms with Gasteiger partial charge in [0.1, 0.15) is 0 Å². The van der Waals surface area contributed by atoms with Crippen LogP contribution in [0, 0.1) is 0 Å². The van der Waals surface area contributed by atoms with Gasteiger partial charge in [-0.25, -0.2) is 0 Å². The molecule has 0 radical (unpaired) electrons. The lowest BCUT2D eigenvalue weighted by Gasteiger charge is -2.42. The van der Waals surface area contributed by atoms with Gasteiger partial charge in [0.15, 0.2) is 0 Å². The summed E-state index contributed by atoms with van der Waals surface area (Å²) in [5, 5.41) is 11.9. The highest BCUT2D eigenvalue weighted by Gasteiger charge is 2.34. The molecule has 126 valence electrons. The van der Waals surface area contributed by atoms with Gasteiger partial charge >= 0.3 is 5.97 Å². The summed E-state index contributed by atoms with van der Waals surface area (Å²) in [6.45, 7) is 2.78. The number of carbonyl (C=O) groups excluding carboxylic acids is 1. The van der Waals surface area contributed by atoms with E-state index in [1.807, 2.05) is 30.0 Å². The number of amides is 1. The normalized spacial score (nSPS) is 20.1. The Kier molecular flexibility index (Phi) is 6.59.